The highest BCUT2D eigenvalue weighted by molar-refractivity contribution is 5.92. The van der Waals surface area contributed by atoms with Gasteiger partial charge in [0.25, 0.3) is 5.91 Å². The monoisotopic (exact) mass is 286 g/mol. The van der Waals surface area contributed by atoms with E-state index in [9.17, 15) is 9.59 Å². The lowest BCUT2D eigenvalue weighted by Crippen LogP contribution is -2.33. The molecule has 0 saturated carbocycles. The maximum Gasteiger partial charge on any atom is 0.338 e. The number of carbonyl (C=O) groups excluding carboxylic acids is 2. The van der Waals surface area contributed by atoms with Crippen LogP contribution in [0.3, 0.4) is 0 Å². The lowest BCUT2D eigenvalue weighted by Gasteiger charge is -2.13. The summed E-state index contributed by atoms with van der Waals surface area (Å²) in [4.78, 5) is 23.5. The summed E-state index contributed by atoms with van der Waals surface area (Å²) in [5.41, 5.74) is 2.36. The molecule has 2 aromatic rings. The van der Waals surface area contributed by atoms with Crippen molar-refractivity contribution in [1.82, 2.24) is 9.88 Å². The van der Waals surface area contributed by atoms with Crippen LogP contribution in [0.25, 0.3) is 5.69 Å². The van der Waals surface area contributed by atoms with Gasteiger partial charge in [-0.25, -0.2) is 4.79 Å². The molecule has 1 atom stereocenters. The molecule has 2 rings (SSSR count). The van der Waals surface area contributed by atoms with Crippen LogP contribution in [0.4, 0.5) is 0 Å². The number of aromatic nitrogens is 1. The van der Waals surface area contributed by atoms with Gasteiger partial charge in [0.15, 0.2) is 6.10 Å². The third-order valence-electron chi connectivity index (χ3n) is 3.23. The van der Waals surface area contributed by atoms with Gasteiger partial charge in [0.1, 0.15) is 0 Å². The Bertz CT molecular complexity index is 648. The van der Waals surface area contributed by atoms with Crippen LogP contribution in [-0.2, 0) is 9.53 Å². The Morgan fingerprint density at radius 3 is 2.52 bits per heavy atom. The summed E-state index contributed by atoms with van der Waals surface area (Å²) >= 11 is 0. The van der Waals surface area contributed by atoms with Gasteiger partial charge in [-0.1, -0.05) is 6.07 Å². The summed E-state index contributed by atoms with van der Waals surface area (Å²) in [5, 5.41) is 2.44. The van der Waals surface area contributed by atoms with Crippen LogP contribution in [0.1, 0.15) is 22.8 Å². The Balaban J connectivity index is 2.23. The summed E-state index contributed by atoms with van der Waals surface area (Å²) in [5.74, 6) is -0.847. The molecule has 1 N–H and O–H groups in total. The smallest absolute Gasteiger partial charge is 0.338 e. The lowest BCUT2D eigenvalue weighted by molar-refractivity contribution is -0.128. The summed E-state index contributed by atoms with van der Waals surface area (Å²) < 4.78 is 7.07. The first-order valence-electron chi connectivity index (χ1n) is 6.69. The van der Waals surface area contributed by atoms with Gasteiger partial charge in [0.2, 0.25) is 0 Å². The number of nitrogens with zero attached hydrogens (tertiary/aromatic N) is 1. The van der Waals surface area contributed by atoms with Crippen LogP contribution in [-0.4, -0.2) is 29.6 Å². The summed E-state index contributed by atoms with van der Waals surface area (Å²) in [6, 6.07) is 9.14. The molecule has 0 bridgehead atoms. The number of rotatable bonds is 4. The van der Waals surface area contributed by atoms with Crippen molar-refractivity contribution in [2.75, 3.05) is 7.05 Å². The number of benzene rings is 1. The van der Waals surface area contributed by atoms with Crippen LogP contribution in [0.5, 0.6) is 0 Å². The molecule has 1 heterocycles. The molecule has 5 nitrogen and oxygen atoms in total. The van der Waals surface area contributed by atoms with Gasteiger partial charge in [-0.2, -0.15) is 0 Å². The van der Waals surface area contributed by atoms with Crippen LogP contribution < -0.4 is 5.32 Å². The molecular formula is C16H18N2O3. The van der Waals surface area contributed by atoms with Crippen molar-refractivity contribution in [3.63, 3.8) is 0 Å². The fraction of sp³-hybridized carbons (Fsp3) is 0.250. The minimum atomic E-state index is -0.821. The molecule has 110 valence electrons. The van der Waals surface area contributed by atoms with E-state index in [1.54, 1.807) is 12.1 Å². The van der Waals surface area contributed by atoms with E-state index in [-0.39, 0.29) is 5.91 Å². The highest BCUT2D eigenvalue weighted by Crippen LogP contribution is 2.17. The number of ether oxygens (including phenoxy) is 1. The number of nitrogens with one attached hydrogen (secondary N) is 1. The Morgan fingerprint density at radius 1 is 1.24 bits per heavy atom. The number of esters is 1. The van der Waals surface area contributed by atoms with Crippen molar-refractivity contribution in [3.8, 4) is 5.69 Å². The lowest BCUT2D eigenvalue weighted by atomic mass is 10.1. The van der Waals surface area contributed by atoms with Crippen molar-refractivity contribution < 1.29 is 14.3 Å². The molecule has 0 saturated heterocycles. The first kappa shape index (κ1) is 14.8. The SMILES string of the molecule is CNC(=O)C(C)OC(=O)c1ccc(C)c(-n2cccc2)c1. The molecule has 1 amide bonds. The van der Waals surface area contributed by atoms with Gasteiger partial charge >= 0.3 is 5.97 Å². The molecule has 0 spiro atoms. The van der Waals surface area contributed by atoms with E-state index >= 15 is 0 Å². The minimum absolute atomic E-state index is 0.332. The van der Waals surface area contributed by atoms with Gasteiger partial charge < -0.3 is 14.6 Å². The number of carbonyl (C=O) groups is 2. The van der Waals surface area contributed by atoms with E-state index in [2.05, 4.69) is 5.32 Å². The van der Waals surface area contributed by atoms with Crippen LogP contribution in [0, 0.1) is 6.92 Å². The van der Waals surface area contributed by atoms with Gasteiger partial charge in [-0.05, 0) is 43.7 Å². The van der Waals surface area contributed by atoms with Gasteiger partial charge in [-0.3, -0.25) is 4.79 Å². The predicted molar refractivity (Wildman–Crippen MR) is 79.5 cm³/mol. The number of likely N-dealkylation sites (N-methyl/N-ethyl adjacent to an activating group) is 1. The zero-order chi connectivity index (χ0) is 15.4. The number of hydrogen-bond acceptors (Lipinski definition) is 3. The molecule has 1 aromatic carbocycles. The van der Waals surface area contributed by atoms with E-state index in [0.29, 0.717) is 5.56 Å². The van der Waals surface area contributed by atoms with Gasteiger partial charge in [-0.15, -0.1) is 0 Å². The van der Waals surface area contributed by atoms with Crippen LogP contribution in [0.15, 0.2) is 42.7 Å². The normalized spacial score (nSPS) is 11.8. The topological polar surface area (TPSA) is 60.3 Å². The fourth-order valence-electron chi connectivity index (χ4n) is 2.00. The van der Waals surface area contributed by atoms with E-state index in [1.165, 1.54) is 14.0 Å². The van der Waals surface area contributed by atoms with E-state index < -0.39 is 12.1 Å². The number of hydrogen-bond donors (Lipinski definition) is 1. The largest absolute Gasteiger partial charge is 0.449 e. The Kier molecular flexibility index (Phi) is 4.42. The molecule has 0 aliphatic rings. The highest BCUT2D eigenvalue weighted by atomic mass is 16.5. The maximum atomic E-state index is 12.1. The number of amides is 1. The first-order valence-corrected chi connectivity index (χ1v) is 6.69. The zero-order valence-electron chi connectivity index (χ0n) is 12.3. The van der Waals surface area contributed by atoms with Gasteiger partial charge in [0.05, 0.1) is 5.56 Å². The summed E-state index contributed by atoms with van der Waals surface area (Å²) in [6.45, 7) is 3.51. The van der Waals surface area contributed by atoms with Crippen molar-refractivity contribution in [3.05, 3.63) is 53.9 Å². The average Bonchev–Trinajstić information content (AvgIpc) is 3.00. The van der Waals surface area contributed by atoms with Crippen LogP contribution in [0.2, 0.25) is 0 Å². The molecule has 0 radical (unpaired) electrons. The Labute approximate surface area is 123 Å². The van der Waals surface area contributed by atoms with E-state index in [4.69, 9.17) is 4.74 Å². The second-order valence-electron chi connectivity index (χ2n) is 4.75. The van der Waals surface area contributed by atoms with Crippen molar-refractivity contribution in [1.29, 1.82) is 0 Å². The summed E-state index contributed by atoms with van der Waals surface area (Å²) in [7, 11) is 1.50. The van der Waals surface area contributed by atoms with Crippen LogP contribution >= 0.6 is 0 Å². The Hall–Kier alpha value is -2.56. The third kappa shape index (κ3) is 3.31. The highest BCUT2D eigenvalue weighted by Gasteiger charge is 2.18. The zero-order valence-corrected chi connectivity index (χ0v) is 12.3. The molecule has 0 aliphatic heterocycles. The van der Waals surface area contributed by atoms with Crippen molar-refractivity contribution in [2.24, 2.45) is 0 Å². The van der Waals surface area contributed by atoms with Crippen molar-refractivity contribution >= 4 is 11.9 Å². The molecule has 5 heteroatoms. The van der Waals surface area contributed by atoms with E-state index in [0.717, 1.165) is 11.3 Å². The molecule has 21 heavy (non-hydrogen) atoms. The quantitative estimate of drug-likeness (QED) is 0.875. The van der Waals surface area contributed by atoms with Crippen molar-refractivity contribution in [2.45, 2.75) is 20.0 Å². The third-order valence-corrected chi connectivity index (χ3v) is 3.23. The predicted octanol–water partition coefficient (Wildman–Crippen LogP) is 2.08. The fourth-order valence-corrected chi connectivity index (χ4v) is 2.00. The second kappa shape index (κ2) is 6.26. The minimum Gasteiger partial charge on any atom is -0.449 e. The maximum absolute atomic E-state index is 12.1. The number of aryl methyl sites for hydroxylation is 1. The Morgan fingerprint density at radius 2 is 1.90 bits per heavy atom. The molecule has 1 aromatic heterocycles. The first-order chi connectivity index (χ1) is 10.0. The molecule has 1 unspecified atom stereocenters. The second-order valence-corrected chi connectivity index (χ2v) is 4.75. The molecular weight excluding hydrogens is 268 g/mol. The van der Waals surface area contributed by atoms with E-state index in [1.807, 2.05) is 42.1 Å². The average molecular weight is 286 g/mol. The van der Waals surface area contributed by atoms with Gasteiger partial charge in [0, 0.05) is 25.1 Å². The summed E-state index contributed by atoms with van der Waals surface area (Å²) in [6.07, 6.45) is 2.99. The standard InChI is InChI=1S/C16H18N2O3/c1-11-6-7-13(10-14(11)18-8-4-5-9-18)16(20)21-12(2)15(19)17-3/h4-10,12H,1-3H3,(H,17,19). The molecule has 0 aliphatic carbocycles. The molecule has 0 fully saturated rings.